The van der Waals surface area contributed by atoms with E-state index in [1.807, 2.05) is 0 Å². The van der Waals surface area contributed by atoms with Gasteiger partial charge in [-0.1, -0.05) is 12.1 Å². The van der Waals surface area contributed by atoms with E-state index >= 15 is 0 Å². The highest BCUT2D eigenvalue weighted by molar-refractivity contribution is 5.86. The average Bonchev–Trinajstić information content (AvgIpc) is 3.38. The average molecular weight is 560 g/mol. The molecule has 0 spiro atoms. The summed E-state index contributed by atoms with van der Waals surface area (Å²) in [5, 5.41) is 49.4. The lowest BCUT2D eigenvalue weighted by molar-refractivity contribution is -0.185. The number of alkyl carbamates (subject to hydrolysis) is 1. The van der Waals surface area contributed by atoms with E-state index in [4.69, 9.17) is 9.47 Å². The van der Waals surface area contributed by atoms with Crippen molar-refractivity contribution in [2.75, 3.05) is 11.9 Å². The maximum atomic E-state index is 13.4. The van der Waals surface area contributed by atoms with E-state index in [0.29, 0.717) is 16.7 Å². The number of hydrogen-bond donors (Lipinski definition) is 8. The molecule has 1 aliphatic heterocycles. The first-order valence-corrected chi connectivity index (χ1v) is 12.6. The van der Waals surface area contributed by atoms with Crippen LogP contribution in [0.15, 0.2) is 36.9 Å². The van der Waals surface area contributed by atoms with Gasteiger partial charge in [-0.25, -0.2) is 19.7 Å². The lowest BCUT2D eigenvalue weighted by Gasteiger charge is -2.43. The summed E-state index contributed by atoms with van der Waals surface area (Å²) in [5.41, 5.74) is 0.599. The number of fused-ring (bicyclic) bond motifs is 1. The number of carbonyl (C=O) groups excluding carboxylic acids is 2. The van der Waals surface area contributed by atoms with Crippen LogP contribution in [0.3, 0.4) is 0 Å². The van der Waals surface area contributed by atoms with Crippen molar-refractivity contribution in [2.24, 2.45) is 0 Å². The first kappa shape index (κ1) is 28.9. The number of phenolic OH excluding ortho intramolecular Hbond substituents is 1. The number of benzene rings is 1. The minimum atomic E-state index is -1.58. The highest BCUT2D eigenvalue weighted by Gasteiger charge is 2.46. The van der Waals surface area contributed by atoms with Crippen molar-refractivity contribution >= 4 is 29.0 Å². The molecule has 4 rings (SSSR count). The van der Waals surface area contributed by atoms with Crippen molar-refractivity contribution in [3.63, 3.8) is 0 Å². The molecule has 1 fully saturated rings. The molecule has 40 heavy (non-hydrogen) atoms. The molecule has 0 aliphatic carbocycles. The lowest BCUT2D eigenvalue weighted by atomic mass is 9.94. The Morgan fingerprint density at radius 2 is 1.85 bits per heavy atom. The smallest absolute Gasteiger partial charge is 0.408 e. The van der Waals surface area contributed by atoms with Crippen LogP contribution in [0.5, 0.6) is 5.75 Å². The number of H-pyrrole nitrogens is 1. The van der Waals surface area contributed by atoms with Crippen LogP contribution in [-0.4, -0.2) is 101 Å². The summed E-state index contributed by atoms with van der Waals surface area (Å²) in [7, 11) is 0. The number of hydrogen-bond acceptors (Lipinski definition) is 12. The van der Waals surface area contributed by atoms with Gasteiger partial charge < -0.3 is 50.8 Å². The zero-order chi connectivity index (χ0) is 29.0. The molecule has 1 unspecified atom stereocenters. The number of aromatic nitrogens is 4. The third kappa shape index (κ3) is 6.93. The third-order valence-electron chi connectivity index (χ3n) is 6.12. The number of nitrogens with zero attached hydrogens (tertiary/aromatic N) is 3. The van der Waals surface area contributed by atoms with Crippen molar-refractivity contribution in [1.82, 2.24) is 30.6 Å². The number of imidazole rings is 1. The number of ether oxygens (including phenoxy) is 2. The minimum Gasteiger partial charge on any atom is -0.508 e. The van der Waals surface area contributed by atoms with E-state index in [2.05, 4.69) is 35.9 Å². The maximum Gasteiger partial charge on any atom is 0.408 e. The molecule has 8 N–H and O–H groups in total. The molecule has 2 amide bonds. The summed E-state index contributed by atoms with van der Waals surface area (Å²) in [6.07, 6.45) is -3.65. The van der Waals surface area contributed by atoms with E-state index in [1.165, 1.54) is 24.8 Å². The molecular formula is C25H33N7O8. The summed E-state index contributed by atoms with van der Waals surface area (Å²) < 4.78 is 11.1. The molecule has 1 aromatic carbocycles. The summed E-state index contributed by atoms with van der Waals surface area (Å²) >= 11 is 0. The number of aromatic hydroxyl groups is 1. The zero-order valence-corrected chi connectivity index (χ0v) is 22.1. The van der Waals surface area contributed by atoms with Crippen LogP contribution in [0.4, 0.5) is 10.6 Å². The van der Waals surface area contributed by atoms with E-state index in [1.54, 1.807) is 32.9 Å². The number of carbonyl (C=O) groups is 2. The molecule has 6 atom stereocenters. The van der Waals surface area contributed by atoms with Crippen LogP contribution >= 0.6 is 0 Å². The number of aliphatic hydroxyl groups excluding tert-OH is 3. The molecule has 15 heteroatoms. The van der Waals surface area contributed by atoms with Gasteiger partial charge in [0.15, 0.2) is 17.7 Å². The van der Waals surface area contributed by atoms with Gasteiger partial charge in [-0.2, -0.15) is 0 Å². The molecule has 0 radical (unpaired) electrons. The number of amides is 2. The molecule has 0 saturated carbocycles. The summed E-state index contributed by atoms with van der Waals surface area (Å²) in [5.74, 6) is -0.447. The monoisotopic (exact) mass is 559 g/mol. The molecule has 0 bridgehead atoms. The Labute approximate surface area is 229 Å². The SMILES string of the molecule is CC(C)(C)OC(=O)N[C@H](Cc1ccc(O)cc1)C(=O)NC1[C@H](CO)O[C@H](Nc2ncnc3nc[nH]c23)[C@@H](O)[C@@H]1O. The van der Waals surface area contributed by atoms with Crippen molar-refractivity contribution in [1.29, 1.82) is 0 Å². The largest absolute Gasteiger partial charge is 0.508 e. The second-order valence-electron chi connectivity index (χ2n) is 10.3. The predicted octanol–water partition coefficient (Wildman–Crippen LogP) is -0.470. The first-order chi connectivity index (χ1) is 18.9. The Bertz CT molecular complexity index is 1310. The fourth-order valence-corrected chi connectivity index (χ4v) is 4.22. The molecule has 15 nitrogen and oxygen atoms in total. The van der Waals surface area contributed by atoms with Crippen LogP contribution in [0, 0.1) is 0 Å². The number of rotatable bonds is 8. The summed E-state index contributed by atoms with van der Waals surface area (Å²) in [6, 6.07) is 3.64. The normalized spacial score (nSPS) is 23.8. The summed E-state index contributed by atoms with van der Waals surface area (Å²) in [4.78, 5) is 40.9. The van der Waals surface area contributed by atoms with Crippen LogP contribution < -0.4 is 16.0 Å². The van der Waals surface area contributed by atoms with Crippen molar-refractivity contribution < 1.29 is 39.5 Å². The van der Waals surface area contributed by atoms with Gasteiger partial charge in [0.1, 0.15) is 47.5 Å². The number of phenols is 1. The van der Waals surface area contributed by atoms with Crippen LogP contribution in [0.25, 0.3) is 11.2 Å². The molecule has 1 saturated heterocycles. The Hall–Kier alpha value is -4.05. The second kappa shape index (κ2) is 12.0. The first-order valence-electron chi connectivity index (χ1n) is 12.6. The molecule has 216 valence electrons. The van der Waals surface area contributed by atoms with Crippen LogP contribution in [-0.2, 0) is 20.7 Å². The van der Waals surface area contributed by atoms with Gasteiger partial charge in [-0.05, 0) is 38.5 Å². The second-order valence-corrected chi connectivity index (χ2v) is 10.3. The van der Waals surface area contributed by atoms with Gasteiger partial charge in [0, 0.05) is 6.42 Å². The van der Waals surface area contributed by atoms with Gasteiger partial charge in [0.25, 0.3) is 0 Å². The third-order valence-corrected chi connectivity index (χ3v) is 6.12. The Morgan fingerprint density at radius 1 is 1.12 bits per heavy atom. The molecule has 1 aliphatic rings. The van der Waals surface area contributed by atoms with Crippen LogP contribution in [0.2, 0.25) is 0 Å². The maximum absolute atomic E-state index is 13.4. The predicted molar refractivity (Wildman–Crippen MR) is 140 cm³/mol. The number of nitrogens with one attached hydrogen (secondary N) is 4. The van der Waals surface area contributed by atoms with Crippen molar-refractivity contribution in [3.8, 4) is 5.75 Å². The van der Waals surface area contributed by atoms with E-state index in [0.717, 1.165) is 0 Å². The van der Waals surface area contributed by atoms with E-state index < -0.39 is 60.8 Å². The zero-order valence-electron chi connectivity index (χ0n) is 22.1. The minimum absolute atomic E-state index is 0.0133. The number of aromatic amines is 1. The topological polar surface area (TPSA) is 224 Å². The molecule has 2 aromatic heterocycles. The Kier molecular flexibility index (Phi) is 8.68. The van der Waals surface area contributed by atoms with E-state index in [-0.39, 0.29) is 18.0 Å². The van der Waals surface area contributed by atoms with Gasteiger partial charge in [0.05, 0.1) is 19.0 Å². The molecular weight excluding hydrogens is 526 g/mol. The Balaban J connectivity index is 1.49. The fraction of sp³-hybridized carbons (Fsp3) is 0.480. The molecule has 3 heterocycles. The quantitative estimate of drug-likeness (QED) is 0.175. The van der Waals surface area contributed by atoms with Gasteiger partial charge in [-0.15, -0.1) is 0 Å². The molecule has 3 aromatic rings. The van der Waals surface area contributed by atoms with Gasteiger partial charge in [0.2, 0.25) is 5.91 Å². The van der Waals surface area contributed by atoms with Crippen molar-refractivity contribution in [2.45, 2.75) is 69.4 Å². The van der Waals surface area contributed by atoms with Gasteiger partial charge >= 0.3 is 6.09 Å². The van der Waals surface area contributed by atoms with Crippen LogP contribution in [0.1, 0.15) is 26.3 Å². The Morgan fingerprint density at radius 3 is 2.52 bits per heavy atom. The lowest BCUT2D eigenvalue weighted by Crippen LogP contribution is -2.67. The fourth-order valence-electron chi connectivity index (χ4n) is 4.22. The number of anilines is 1. The highest BCUT2D eigenvalue weighted by atomic mass is 16.6. The highest BCUT2D eigenvalue weighted by Crippen LogP contribution is 2.25. The van der Waals surface area contributed by atoms with Gasteiger partial charge in [-0.3, -0.25) is 4.79 Å². The van der Waals surface area contributed by atoms with Crippen molar-refractivity contribution in [3.05, 3.63) is 42.5 Å². The number of aliphatic hydroxyl groups is 3. The standard InChI is InChI=1S/C25H33N7O8/c1-25(2,3)40-24(38)30-14(8-12-4-6-13(34)7-5-12)22(37)31-16-15(9-33)39-23(19(36)18(16)35)32-21-17-20(27-10-26-17)28-11-29-21/h4-7,10-11,14-16,18-19,23,33-36H,8-9H2,1-3H3,(H,30,38)(H,31,37)(H2,26,27,28,29,32)/t14-,15+,16?,18-,19+,23+/m1/s1. The summed E-state index contributed by atoms with van der Waals surface area (Å²) in [6.45, 7) is 4.41. The van der Waals surface area contributed by atoms with E-state index in [9.17, 15) is 30.0 Å².